The Morgan fingerprint density at radius 2 is 1.65 bits per heavy atom. The third kappa shape index (κ3) is 5.52. The molecule has 4 atom stereocenters. The summed E-state index contributed by atoms with van der Waals surface area (Å²) in [6.07, 6.45) is -0.317. The van der Waals surface area contributed by atoms with Crippen LogP contribution in [-0.4, -0.2) is 34.2 Å². The smallest absolute Gasteiger partial charge is 0.244 e. The summed E-state index contributed by atoms with van der Waals surface area (Å²) in [6.45, 7) is 10.8. The highest BCUT2D eigenvalue weighted by molar-refractivity contribution is 5.85. The number of nitrogens with zero attached hydrogens (tertiary/aromatic N) is 1. The van der Waals surface area contributed by atoms with Crippen molar-refractivity contribution >= 4 is 5.91 Å². The largest absolute Gasteiger partial charge is 0.391 e. The van der Waals surface area contributed by atoms with Crippen LogP contribution in [0, 0.1) is 23.1 Å². The van der Waals surface area contributed by atoms with Crippen molar-refractivity contribution in [2.45, 2.75) is 65.9 Å². The van der Waals surface area contributed by atoms with Gasteiger partial charge in [0.1, 0.15) is 11.9 Å². The van der Waals surface area contributed by atoms with E-state index in [1.807, 2.05) is 18.2 Å². The first kappa shape index (κ1) is 23.4. The zero-order valence-corrected chi connectivity index (χ0v) is 19.2. The SMILES string of the molecule is CC(C)C1N[C@@H]([C@H](O)C(Cc2ccccc2)C(C)(C)C)C(=O)N1Cc1ccc(F)cc1. The number of carbonyl (C=O) groups excluding carboxylic acids is 1. The number of hydrogen-bond donors (Lipinski definition) is 2. The van der Waals surface area contributed by atoms with Crippen molar-refractivity contribution in [3.8, 4) is 0 Å². The number of hydrogen-bond acceptors (Lipinski definition) is 3. The van der Waals surface area contributed by atoms with Crippen LogP contribution < -0.4 is 5.32 Å². The van der Waals surface area contributed by atoms with Crippen LogP contribution in [0.25, 0.3) is 0 Å². The summed E-state index contributed by atoms with van der Waals surface area (Å²) in [5.41, 5.74) is 1.83. The number of halogens is 1. The number of benzene rings is 2. The fourth-order valence-corrected chi connectivity index (χ4v) is 4.46. The van der Waals surface area contributed by atoms with E-state index in [1.54, 1.807) is 17.0 Å². The number of aliphatic hydroxyl groups is 1. The maximum Gasteiger partial charge on any atom is 0.244 e. The fraction of sp³-hybridized carbons (Fsp3) is 0.500. The summed E-state index contributed by atoms with van der Waals surface area (Å²) in [4.78, 5) is 15.2. The Labute approximate surface area is 185 Å². The second kappa shape index (κ2) is 9.49. The minimum absolute atomic E-state index is 0.0992. The molecule has 0 spiro atoms. The van der Waals surface area contributed by atoms with Gasteiger partial charge in [0.15, 0.2) is 0 Å². The summed E-state index contributed by atoms with van der Waals surface area (Å²) in [6, 6.07) is 15.7. The predicted octanol–water partition coefficient (Wildman–Crippen LogP) is 4.37. The van der Waals surface area contributed by atoms with Gasteiger partial charge in [0.2, 0.25) is 5.91 Å². The summed E-state index contributed by atoms with van der Waals surface area (Å²) < 4.78 is 13.3. The second-order valence-corrected chi connectivity index (χ2v) is 10.1. The summed E-state index contributed by atoms with van der Waals surface area (Å²) in [5, 5.41) is 14.8. The number of carbonyl (C=O) groups is 1. The van der Waals surface area contributed by atoms with Crippen molar-refractivity contribution < 1.29 is 14.3 Å². The third-order valence-corrected chi connectivity index (χ3v) is 6.30. The Kier molecular flexibility index (Phi) is 7.17. The molecule has 1 aliphatic heterocycles. The van der Waals surface area contributed by atoms with Crippen molar-refractivity contribution in [3.63, 3.8) is 0 Å². The Morgan fingerprint density at radius 3 is 2.19 bits per heavy atom. The maximum atomic E-state index is 13.4. The van der Waals surface area contributed by atoms with Gasteiger partial charge in [0, 0.05) is 6.54 Å². The van der Waals surface area contributed by atoms with Gasteiger partial charge in [0.05, 0.1) is 12.3 Å². The van der Waals surface area contributed by atoms with Gasteiger partial charge in [-0.15, -0.1) is 0 Å². The lowest BCUT2D eigenvalue weighted by Gasteiger charge is -2.37. The van der Waals surface area contributed by atoms with Crippen LogP contribution in [0.3, 0.4) is 0 Å². The van der Waals surface area contributed by atoms with Gasteiger partial charge >= 0.3 is 0 Å². The zero-order chi connectivity index (χ0) is 22.8. The summed E-state index contributed by atoms with van der Waals surface area (Å²) in [7, 11) is 0. The molecule has 1 aliphatic rings. The molecule has 1 saturated heterocycles. The van der Waals surface area contributed by atoms with Gasteiger partial charge < -0.3 is 10.0 Å². The molecule has 4 nitrogen and oxygen atoms in total. The highest BCUT2D eigenvalue weighted by atomic mass is 19.1. The lowest BCUT2D eigenvalue weighted by atomic mass is 9.72. The van der Waals surface area contributed by atoms with Crippen molar-refractivity contribution in [2.24, 2.45) is 17.3 Å². The van der Waals surface area contributed by atoms with Gasteiger partial charge in [0.25, 0.3) is 0 Å². The number of rotatable bonds is 7. The van der Waals surface area contributed by atoms with Gasteiger partial charge in [-0.25, -0.2) is 4.39 Å². The minimum Gasteiger partial charge on any atom is -0.391 e. The minimum atomic E-state index is -0.827. The highest BCUT2D eigenvalue weighted by Gasteiger charge is 2.47. The molecule has 0 saturated carbocycles. The van der Waals surface area contributed by atoms with E-state index in [0.29, 0.717) is 13.0 Å². The molecule has 2 aromatic carbocycles. The van der Waals surface area contributed by atoms with Crippen molar-refractivity contribution in [1.29, 1.82) is 0 Å². The molecule has 1 amide bonds. The molecule has 3 rings (SSSR count). The average molecular weight is 427 g/mol. The molecule has 1 fully saturated rings. The molecular formula is C26H35FN2O2. The quantitative estimate of drug-likeness (QED) is 0.691. The van der Waals surface area contributed by atoms with E-state index >= 15 is 0 Å². The molecule has 0 bridgehead atoms. The maximum absolute atomic E-state index is 13.4. The topological polar surface area (TPSA) is 52.6 Å². The molecule has 5 heteroatoms. The molecule has 2 N–H and O–H groups in total. The van der Waals surface area contributed by atoms with Crippen LogP contribution >= 0.6 is 0 Å². The average Bonchev–Trinajstić information content (AvgIpc) is 3.04. The van der Waals surface area contributed by atoms with E-state index in [4.69, 9.17) is 0 Å². The molecule has 1 heterocycles. The number of aliphatic hydroxyl groups excluding tert-OH is 1. The van der Waals surface area contributed by atoms with E-state index in [2.05, 4.69) is 52.1 Å². The highest BCUT2D eigenvalue weighted by Crippen LogP contribution is 2.35. The fourth-order valence-electron chi connectivity index (χ4n) is 4.46. The summed E-state index contributed by atoms with van der Waals surface area (Å²) in [5.74, 6) is -0.325. The molecule has 2 unspecified atom stereocenters. The van der Waals surface area contributed by atoms with Crippen LogP contribution in [0.1, 0.15) is 45.7 Å². The van der Waals surface area contributed by atoms with Crippen LogP contribution in [0.4, 0.5) is 4.39 Å². The number of nitrogens with one attached hydrogen (secondary N) is 1. The van der Waals surface area contributed by atoms with Crippen LogP contribution in [-0.2, 0) is 17.8 Å². The third-order valence-electron chi connectivity index (χ3n) is 6.30. The van der Waals surface area contributed by atoms with Crippen LogP contribution in [0.5, 0.6) is 0 Å². The lowest BCUT2D eigenvalue weighted by molar-refractivity contribution is -0.134. The van der Waals surface area contributed by atoms with Crippen molar-refractivity contribution in [3.05, 3.63) is 71.5 Å². The van der Waals surface area contributed by atoms with Crippen molar-refractivity contribution in [2.75, 3.05) is 0 Å². The van der Waals surface area contributed by atoms with Crippen molar-refractivity contribution in [1.82, 2.24) is 10.2 Å². The Morgan fingerprint density at radius 1 is 1.03 bits per heavy atom. The first-order chi connectivity index (χ1) is 14.6. The Balaban J connectivity index is 1.83. The van der Waals surface area contributed by atoms with E-state index in [-0.39, 0.29) is 35.1 Å². The molecule has 31 heavy (non-hydrogen) atoms. The van der Waals surface area contributed by atoms with Crippen LogP contribution in [0.15, 0.2) is 54.6 Å². The monoisotopic (exact) mass is 426 g/mol. The molecule has 168 valence electrons. The van der Waals surface area contributed by atoms with Gasteiger partial charge in [-0.1, -0.05) is 77.1 Å². The predicted molar refractivity (Wildman–Crippen MR) is 122 cm³/mol. The van der Waals surface area contributed by atoms with E-state index in [9.17, 15) is 14.3 Å². The molecular weight excluding hydrogens is 391 g/mol. The van der Waals surface area contributed by atoms with E-state index in [1.165, 1.54) is 12.1 Å². The van der Waals surface area contributed by atoms with Crippen LogP contribution in [0.2, 0.25) is 0 Å². The first-order valence-electron chi connectivity index (χ1n) is 11.1. The summed E-state index contributed by atoms with van der Waals surface area (Å²) >= 11 is 0. The lowest BCUT2D eigenvalue weighted by Crippen LogP contribution is -2.50. The Hall–Kier alpha value is -2.24. The van der Waals surface area contributed by atoms with Gasteiger partial charge in [-0.3, -0.25) is 10.1 Å². The molecule has 0 radical (unpaired) electrons. The first-order valence-corrected chi connectivity index (χ1v) is 11.1. The van der Waals surface area contributed by atoms with E-state index in [0.717, 1.165) is 11.1 Å². The van der Waals surface area contributed by atoms with Gasteiger partial charge in [-0.2, -0.15) is 0 Å². The standard InChI is InChI=1S/C26H35FN2O2/c1-17(2)24-28-22(25(31)29(24)16-19-11-13-20(27)14-12-19)23(30)21(26(3,4)5)15-18-9-7-6-8-10-18/h6-14,17,21-24,28,30H,15-16H2,1-5H3/t21?,22-,23+,24?/m0/s1. The molecule has 2 aromatic rings. The zero-order valence-electron chi connectivity index (χ0n) is 19.2. The van der Waals surface area contributed by atoms with Gasteiger partial charge in [-0.05, 0) is 46.9 Å². The number of amides is 1. The Bertz CT molecular complexity index is 861. The molecule has 0 aliphatic carbocycles. The van der Waals surface area contributed by atoms with E-state index < -0.39 is 12.1 Å². The normalized spacial score (nSPS) is 21.5. The second-order valence-electron chi connectivity index (χ2n) is 10.1. The molecule has 0 aromatic heterocycles.